The quantitative estimate of drug-likeness (QED) is 0.784. The van der Waals surface area contributed by atoms with Gasteiger partial charge in [0.2, 0.25) is 5.91 Å². The minimum absolute atomic E-state index is 0.0817. The van der Waals surface area contributed by atoms with Gasteiger partial charge < -0.3 is 10.4 Å². The third-order valence-corrected chi connectivity index (χ3v) is 4.60. The highest BCUT2D eigenvalue weighted by Gasteiger charge is 2.66. The fourth-order valence-corrected chi connectivity index (χ4v) is 2.96. The van der Waals surface area contributed by atoms with E-state index in [1.165, 1.54) is 19.3 Å². The van der Waals surface area contributed by atoms with Crippen LogP contribution in [-0.4, -0.2) is 23.0 Å². The van der Waals surface area contributed by atoms with Crippen molar-refractivity contribution in [1.29, 1.82) is 0 Å². The zero-order valence-electron chi connectivity index (χ0n) is 10.7. The molecule has 2 N–H and O–H groups in total. The highest BCUT2D eigenvalue weighted by Crippen LogP contribution is 2.58. The Morgan fingerprint density at radius 1 is 1.29 bits per heavy atom. The van der Waals surface area contributed by atoms with Gasteiger partial charge in [0, 0.05) is 6.04 Å². The van der Waals surface area contributed by atoms with E-state index in [1.807, 2.05) is 20.8 Å². The Kier molecular flexibility index (Phi) is 2.92. The molecule has 2 aliphatic carbocycles. The molecule has 0 aromatic heterocycles. The molecule has 2 fully saturated rings. The van der Waals surface area contributed by atoms with Crippen LogP contribution in [0, 0.1) is 23.2 Å². The van der Waals surface area contributed by atoms with Crippen molar-refractivity contribution in [3.8, 4) is 0 Å². The second-order valence-electron chi connectivity index (χ2n) is 6.10. The standard InChI is InChI=1S/C13H21NO3/c1-7(8-5-4-6-8)14-11(15)9-10(12(16)17)13(9,2)3/h7-10H,4-6H2,1-3H3,(H,14,15)(H,16,17)/t7?,9-,10+/m1/s1. The van der Waals surface area contributed by atoms with Crippen molar-refractivity contribution in [3.63, 3.8) is 0 Å². The predicted molar refractivity (Wildman–Crippen MR) is 63.3 cm³/mol. The molecule has 0 heterocycles. The Morgan fingerprint density at radius 2 is 1.88 bits per heavy atom. The minimum atomic E-state index is -0.855. The summed E-state index contributed by atoms with van der Waals surface area (Å²) in [6.45, 7) is 5.72. The summed E-state index contributed by atoms with van der Waals surface area (Å²) in [6, 6.07) is 0.182. The Morgan fingerprint density at radius 3 is 2.24 bits per heavy atom. The zero-order chi connectivity index (χ0) is 12.8. The van der Waals surface area contributed by atoms with E-state index in [0.717, 1.165) is 0 Å². The third kappa shape index (κ3) is 2.05. The Bertz CT molecular complexity index is 347. The molecule has 2 rings (SSSR count). The number of carboxylic acid groups (broad SMARTS) is 1. The van der Waals surface area contributed by atoms with Crippen molar-refractivity contribution in [1.82, 2.24) is 5.32 Å². The van der Waals surface area contributed by atoms with Crippen molar-refractivity contribution in [2.45, 2.75) is 46.1 Å². The van der Waals surface area contributed by atoms with Crippen LogP contribution < -0.4 is 5.32 Å². The van der Waals surface area contributed by atoms with Gasteiger partial charge in [0.05, 0.1) is 11.8 Å². The third-order valence-electron chi connectivity index (χ3n) is 4.60. The molecule has 17 heavy (non-hydrogen) atoms. The van der Waals surface area contributed by atoms with Crippen molar-refractivity contribution in [3.05, 3.63) is 0 Å². The number of hydrogen-bond donors (Lipinski definition) is 2. The van der Waals surface area contributed by atoms with Crippen LogP contribution in [0.3, 0.4) is 0 Å². The summed E-state index contributed by atoms with van der Waals surface area (Å²) in [4.78, 5) is 23.0. The van der Waals surface area contributed by atoms with Crippen LogP contribution in [0.25, 0.3) is 0 Å². The predicted octanol–water partition coefficient (Wildman–Crippen LogP) is 1.65. The molecular formula is C13H21NO3. The normalized spacial score (nSPS) is 32.4. The molecule has 0 saturated heterocycles. The Labute approximate surface area is 102 Å². The molecule has 3 atom stereocenters. The highest BCUT2D eigenvalue weighted by molar-refractivity contribution is 5.91. The SMILES string of the molecule is CC(NC(=O)[C@H]1[C@@H](C(=O)O)C1(C)C)C1CCC1. The maximum absolute atomic E-state index is 12.0. The average Bonchev–Trinajstić information content (AvgIpc) is 2.65. The van der Waals surface area contributed by atoms with Crippen LogP contribution in [0.4, 0.5) is 0 Å². The van der Waals surface area contributed by atoms with Crippen molar-refractivity contribution in [2.75, 3.05) is 0 Å². The van der Waals surface area contributed by atoms with Gasteiger partial charge in [-0.2, -0.15) is 0 Å². The van der Waals surface area contributed by atoms with Gasteiger partial charge in [0.1, 0.15) is 0 Å². The summed E-state index contributed by atoms with van der Waals surface area (Å²) in [5, 5.41) is 12.0. The van der Waals surface area contributed by atoms with Crippen molar-refractivity contribution < 1.29 is 14.7 Å². The first-order valence-electron chi connectivity index (χ1n) is 6.39. The molecule has 0 aliphatic heterocycles. The molecule has 4 heteroatoms. The molecular weight excluding hydrogens is 218 g/mol. The lowest BCUT2D eigenvalue weighted by atomic mass is 9.80. The van der Waals surface area contributed by atoms with Crippen LogP contribution in [0.2, 0.25) is 0 Å². The van der Waals surface area contributed by atoms with Crippen LogP contribution >= 0.6 is 0 Å². The monoisotopic (exact) mass is 239 g/mol. The van der Waals surface area contributed by atoms with Gasteiger partial charge in [-0.1, -0.05) is 20.3 Å². The van der Waals surface area contributed by atoms with Gasteiger partial charge in [-0.3, -0.25) is 9.59 Å². The average molecular weight is 239 g/mol. The summed E-state index contributed by atoms with van der Waals surface area (Å²) in [5.74, 6) is -1.23. The number of carbonyl (C=O) groups is 2. The molecule has 0 aromatic carbocycles. The van der Waals surface area contributed by atoms with Gasteiger partial charge in [0.25, 0.3) is 0 Å². The molecule has 1 unspecified atom stereocenters. The van der Waals surface area contributed by atoms with E-state index in [-0.39, 0.29) is 17.9 Å². The molecule has 2 aliphatic rings. The second-order valence-corrected chi connectivity index (χ2v) is 6.10. The van der Waals surface area contributed by atoms with Crippen LogP contribution in [0.5, 0.6) is 0 Å². The van der Waals surface area contributed by atoms with E-state index in [2.05, 4.69) is 5.32 Å². The smallest absolute Gasteiger partial charge is 0.307 e. The summed E-state index contributed by atoms with van der Waals surface area (Å²) in [5.41, 5.74) is -0.394. The lowest BCUT2D eigenvalue weighted by Crippen LogP contribution is -2.42. The van der Waals surface area contributed by atoms with E-state index in [0.29, 0.717) is 5.92 Å². The first-order valence-corrected chi connectivity index (χ1v) is 6.39. The van der Waals surface area contributed by atoms with E-state index in [1.54, 1.807) is 0 Å². The molecule has 0 aromatic rings. The van der Waals surface area contributed by atoms with Crippen molar-refractivity contribution >= 4 is 11.9 Å². The number of aliphatic carboxylic acids is 1. The molecule has 1 amide bonds. The number of carbonyl (C=O) groups excluding carboxylic acids is 1. The number of hydrogen-bond acceptors (Lipinski definition) is 2. The Hall–Kier alpha value is -1.06. The van der Waals surface area contributed by atoms with Crippen LogP contribution in [0.15, 0.2) is 0 Å². The maximum Gasteiger partial charge on any atom is 0.307 e. The van der Waals surface area contributed by atoms with E-state index in [9.17, 15) is 9.59 Å². The fourth-order valence-electron chi connectivity index (χ4n) is 2.96. The molecule has 4 nitrogen and oxygen atoms in total. The van der Waals surface area contributed by atoms with E-state index in [4.69, 9.17) is 5.11 Å². The maximum atomic E-state index is 12.0. The van der Waals surface area contributed by atoms with Crippen LogP contribution in [-0.2, 0) is 9.59 Å². The lowest BCUT2D eigenvalue weighted by Gasteiger charge is -2.32. The first kappa shape index (κ1) is 12.4. The summed E-state index contributed by atoms with van der Waals surface area (Å²) in [6.07, 6.45) is 3.60. The van der Waals surface area contributed by atoms with Crippen molar-refractivity contribution in [2.24, 2.45) is 23.2 Å². The topological polar surface area (TPSA) is 66.4 Å². The molecule has 0 radical (unpaired) electrons. The molecule has 0 spiro atoms. The van der Waals surface area contributed by atoms with Crippen LogP contribution in [0.1, 0.15) is 40.0 Å². The van der Waals surface area contributed by atoms with E-state index < -0.39 is 17.3 Å². The number of carboxylic acids is 1. The van der Waals surface area contributed by atoms with Gasteiger partial charge in [-0.15, -0.1) is 0 Å². The summed E-state index contributed by atoms with van der Waals surface area (Å²) < 4.78 is 0. The molecule has 0 bridgehead atoms. The van der Waals surface area contributed by atoms with Gasteiger partial charge in [-0.05, 0) is 31.1 Å². The molecule has 2 saturated carbocycles. The Balaban J connectivity index is 1.90. The minimum Gasteiger partial charge on any atom is -0.481 e. The fraction of sp³-hybridized carbons (Fsp3) is 0.846. The number of amides is 1. The summed E-state index contributed by atoms with van der Waals surface area (Å²) >= 11 is 0. The second kappa shape index (κ2) is 4.00. The number of rotatable bonds is 4. The highest BCUT2D eigenvalue weighted by atomic mass is 16.4. The van der Waals surface area contributed by atoms with E-state index >= 15 is 0 Å². The first-order chi connectivity index (χ1) is 7.85. The number of nitrogens with one attached hydrogen (secondary N) is 1. The lowest BCUT2D eigenvalue weighted by molar-refractivity contribution is -0.140. The summed E-state index contributed by atoms with van der Waals surface area (Å²) in [7, 11) is 0. The largest absolute Gasteiger partial charge is 0.481 e. The van der Waals surface area contributed by atoms with Gasteiger partial charge in [-0.25, -0.2) is 0 Å². The van der Waals surface area contributed by atoms with Gasteiger partial charge in [0.15, 0.2) is 0 Å². The van der Waals surface area contributed by atoms with Gasteiger partial charge >= 0.3 is 5.97 Å². The molecule has 96 valence electrons. The zero-order valence-corrected chi connectivity index (χ0v) is 10.7.